The number of aryl methyl sites for hydroxylation is 1. The molecule has 0 aromatic carbocycles. The van der Waals surface area contributed by atoms with Gasteiger partial charge in [0.15, 0.2) is 5.16 Å². The molecule has 0 aliphatic rings. The van der Waals surface area contributed by atoms with Crippen LogP contribution in [-0.4, -0.2) is 28.8 Å². The molecule has 0 radical (unpaired) electrons. The molecule has 0 spiro atoms. The van der Waals surface area contributed by atoms with Crippen molar-refractivity contribution in [3.8, 4) is 0 Å². The SMILES string of the molecule is CCC(CCCSc1nccc(C)n1)NC. The van der Waals surface area contributed by atoms with Gasteiger partial charge in [0.2, 0.25) is 0 Å². The van der Waals surface area contributed by atoms with Crippen LogP contribution in [0.5, 0.6) is 0 Å². The Morgan fingerprint density at radius 1 is 1.50 bits per heavy atom. The number of nitrogens with one attached hydrogen (secondary N) is 1. The fourth-order valence-corrected chi connectivity index (χ4v) is 2.38. The molecule has 1 aromatic rings. The van der Waals surface area contributed by atoms with E-state index in [0.717, 1.165) is 16.6 Å². The second-order valence-electron chi connectivity index (χ2n) is 3.87. The lowest BCUT2D eigenvalue weighted by atomic mass is 10.1. The minimum Gasteiger partial charge on any atom is -0.317 e. The summed E-state index contributed by atoms with van der Waals surface area (Å²) in [6.45, 7) is 4.22. The molecule has 0 aliphatic heterocycles. The number of rotatable bonds is 7. The molecule has 0 amide bonds. The average molecular weight is 239 g/mol. The van der Waals surface area contributed by atoms with Crippen molar-refractivity contribution in [1.82, 2.24) is 15.3 Å². The zero-order chi connectivity index (χ0) is 11.8. The maximum atomic E-state index is 4.37. The molecule has 1 unspecified atom stereocenters. The second kappa shape index (κ2) is 7.63. The highest BCUT2D eigenvalue weighted by Crippen LogP contribution is 2.15. The van der Waals surface area contributed by atoms with Crippen LogP contribution in [0, 0.1) is 6.92 Å². The molecular formula is C12H21N3S. The van der Waals surface area contributed by atoms with E-state index in [2.05, 4.69) is 22.2 Å². The normalized spacial score (nSPS) is 12.7. The van der Waals surface area contributed by atoms with Crippen molar-refractivity contribution in [1.29, 1.82) is 0 Å². The fourth-order valence-electron chi connectivity index (χ4n) is 1.54. The minimum absolute atomic E-state index is 0.652. The molecular weight excluding hydrogens is 218 g/mol. The van der Waals surface area contributed by atoms with E-state index in [4.69, 9.17) is 0 Å². The Kier molecular flexibility index (Phi) is 6.42. The standard InChI is InChI=1S/C12H21N3S/c1-4-11(13-3)6-5-9-16-12-14-8-7-10(2)15-12/h7-8,11,13H,4-6,9H2,1-3H3. The molecule has 3 nitrogen and oxygen atoms in total. The van der Waals surface area contributed by atoms with Crippen LogP contribution in [0.4, 0.5) is 0 Å². The van der Waals surface area contributed by atoms with E-state index >= 15 is 0 Å². The highest BCUT2D eigenvalue weighted by molar-refractivity contribution is 7.99. The third kappa shape index (κ3) is 4.94. The van der Waals surface area contributed by atoms with Gasteiger partial charge in [-0.05, 0) is 39.3 Å². The van der Waals surface area contributed by atoms with Crippen LogP contribution in [0.25, 0.3) is 0 Å². The second-order valence-corrected chi connectivity index (χ2v) is 4.93. The summed E-state index contributed by atoms with van der Waals surface area (Å²) in [6.07, 6.45) is 5.46. The first-order valence-electron chi connectivity index (χ1n) is 5.86. The molecule has 1 N–H and O–H groups in total. The number of aromatic nitrogens is 2. The Morgan fingerprint density at radius 3 is 2.94 bits per heavy atom. The Labute approximate surface area is 102 Å². The number of thioether (sulfide) groups is 1. The number of nitrogens with zero attached hydrogens (tertiary/aromatic N) is 2. The van der Waals surface area contributed by atoms with Gasteiger partial charge in [0.05, 0.1) is 0 Å². The molecule has 1 rings (SSSR count). The van der Waals surface area contributed by atoms with Gasteiger partial charge in [0, 0.05) is 23.7 Å². The van der Waals surface area contributed by atoms with Gasteiger partial charge >= 0.3 is 0 Å². The molecule has 0 bridgehead atoms. The van der Waals surface area contributed by atoms with Crippen LogP contribution >= 0.6 is 11.8 Å². The molecule has 1 aromatic heterocycles. The largest absolute Gasteiger partial charge is 0.317 e. The van der Waals surface area contributed by atoms with Crippen LogP contribution < -0.4 is 5.32 Å². The number of hydrogen-bond donors (Lipinski definition) is 1. The molecule has 16 heavy (non-hydrogen) atoms. The van der Waals surface area contributed by atoms with Crippen molar-refractivity contribution in [2.75, 3.05) is 12.8 Å². The first kappa shape index (κ1) is 13.5. The molecule has 0 aliphatic carbocycles. The van der Waals surface area contributed by atoms with Gasteiger partial charge in [-0.15, -0.1) is 0 Å². The number of hydrogen-bond acceptors (Lipinski definition) is 4. The van der Waals surface area contributed by atoms with Gasteiger partial charge in [-0.25, -0.2) is 9.97 Å². The summed E-state index contributed by atoms with van der Waals surface area (Å²) in [7, 11) is 2.03. The third-order valence-electron chi connectivity index (χ3n) is 2.60. The van der Waals surface area contributed by atoms with Crippen molar-refractivity contribution >= 4 is 11.8 Å². The maximum Gasteiger partial charge on any atom is 0.187 e. The van der Waals surface area contributed by atoms with E-state index < -0.39 is 0 Å². The Balaban J connectivity index is 2.20. The smallest absolute Gasteiger partial charge is 0.187 e. The first-order valence-corrected chi connectivity index (χ1v) is 6.84. The van der Waals surface area contributed by atoms with Crippen LogP contribution in [-0.2, 0) is 0 Å². The summed E-state index contributed by atoms with van der Waals surface area (Å²) in [4.78, 5) is 8.60. The lowest BCUT2D eigenvalue weighted by molar-refractivity contribution is 0.504. The predicted octanol–water partition coefficient (Wildman–Crippen LogP) is 2.66. The van der Waals surface area contributed by atoms with Gasteiger partial charge in [-0.1, -0.05) is 18.7 Å². The lowest BCUT2D eigenvalue weighted by Crippen LogP contribution is -2.23. The van der Waals surface area contributed by atoms with Gasteiger partial charge in [-0.2, -0.15) is 0 Å². The zero-order valence-corrected chi connectivity index (χ0v) is 11.2. The minimum atomic E-state index is 0.652. The first-order chi connectivity index (χ1) is 7.76. The molecule has 1 heterocycles. The molecule has 90 valence electrons. The molecule has 0 fully saturated rings. The van der Waals surface area contributed by atoms with Crippen LogP contribution in [0.1, 0.15) is 31.9 Å². The molecule has 0 saturated carbocycles. The molecule has 1 atom stereocenters. The zero-order valence-electron chi connectivity index (χ0n) is 10.4. The van der Waals surface area contributed by atoms with E-state index in [9.17, 15) is 0 Å². The van der Waals surface area contributed by atoms with Crippen molar-refractivity contribution in [3.63, 3.8) is 0 Å². The van der Waals surface area contributed by atoms with Gasteiger partial charge < -0.3 is 5.32 Å². The Hall–Kier alpha value is -0.610. The Morgan fingerprint density at radius 2 is 2.31 bits per heavy atom. The fraction of sp³-hybridized carbons (Fsp3) is 0.667. The van der Waals surface area contributed by atoms with E-state index in [0.29, 0.717) is 6.04 Å². The van der Waals surface area contributed by atoms with E-state index in [1.165, 1.54) is 19.3 Å². The average Bonchev–Trinajstić information content (AvgIpc) is 2.29. The molecule has 0 saturated heterocycles. The van der Waals surface area contributed by atoms with Crippen LogP contribution in [0.3, 0.4) is 0 Å². The van der Waals surface area contributed by atoms with E-state index in [1.54, 1.807) is 11.8 Å². The quantitative estimate of drug-likeness (QED) is 0.451. The van der Waals surface area contributed by atoms with Gasteiger partial charge in [-0.3, -0.25) is 0 Å². The summed E-state index contributed by atoms with van der Waals surface area (Å²) in [5, 5.41) is 4.22. The van der Waals surface area contributed by atoms with Crippen molar-refractivity contribution in [2.45, 2.75) is 44.3 Å². The summed E-state index contributed by atoms with van der Waals surface area (Å²) >= 11 is 1.75. The van der Waals surface area contributed by atoms with E-state index in [-0.39, 0.29) is 0 Å². The maximum absolute atomic E-state index is 4.37. The van der Waals surface area contributed by atoms with Gasteiger partial charge in [0.1, 0.15) is 0 Å². The highest BCUT2D eigenvalue weighted by atomic mass is 32.2. The van der Waals surface area contributed by atoms with Crippen molar-refractivity contribution in [2.24, 2.45) is 0 Å². The Bertz CT molecular complexity index is 300. The van der Waals surface area contributed by atoms with Crippen molar-refractivity contribution < 1.29 is 0 Å². The van der Waals surface area contributed by atoms with E-state index in [1.807, 2.05) is 26.2 Å². The molecule has 4 heteroatoms. The van der Waals surface area contributed by atoms with Crippen LogP contribution in [0.2, 0.25) is 0 Å². The van der Waals surface area contributed by atoms with Crippen LogP contribution in [0.15, 0.2) is 17.4 Å². The summed E-state index contributed by atoms with van der Waals surface area (Å²) in [5.74, 6) is 1.10. The topological polar surface area (TPSA) is 37.8 Å². The predicted molar refractivity (Wildman–Crippen MR) is 69.9 cm³/mol. The monoisotopic (exact) mass is 239 g/mol. The summed E-state index contributed by atoms with van der Waals surface area (Å²) in [6, 6.07) is 2.58. The third-order valence-corrected chi connectivity index (χ3v) is 3.55. The van der Waals surface area contributed by atoms with Gasteiger partial charge in [0.25, 0.3) is 0 Å². The summed E-state index contributed by atoms with van der Waals surface area (Å²) < 4.78 is 0. The summed E-state index contributed by atoms with van der Waals surface area (Å²) in [5.41, 5.74) is 1.04. The highest BCUT2D eigenvalue weighted by Gasteiger charge is 2.03. The lowest BCUT2D eigenvalue weighted by Gasteiger charge is -2.12. The van der Waals surface area contributed by atoms with Crippen molar-refractivity contribution in [3.05, 3.63) is 18.0 Å².